The molecule has 1 aromatic heterocycles. The standard InChI is InChI=1S/C17H18N2O2S2/c1-23(20,21)16-8-4-13(5-9-16)17-12-18-11-14(19-17)6-7-15-3-2-10-22-15/h2-5,8-10,14,17-19H,11-12H2,1H3. The van der Waals surface area contributed by atoms with Gasteiger partial charge in [-0.2, -0.15) is 0 Å². The zero-order chi connectivity index (χ0) is 16.3. The summed E-state index contributed by atoms with van der Waals surface area (Å²) in [6, 6.07) is 11.3. The van der Waals surface area contributed by atoms with Crippen LogP contribution in [0.5, 0.6) is 0 Å². The second kappa shape index (κ2) is 6.85. The molecule has 0 saturated carbocycles. The fraction of sp³-hybridized carbons (Fsp3) is 0.294. The summed E-state index contributed by atoms with van der Waals surface area (Å²) < 4.78 is 23.0. The molecule has 0 amide bonds. The summed E-state index contributed by atoms with van der Waals surface area (Å²) in [4.78, 5) is 1.41. The van der Waals surface area contributed by atoms with Gasteiger partial charge in [0.1, 0.15) is 0 Å². The molecule has 23 heavy (non-hydrogen) atoms. The minimum Gasteiger partial charge on any atom is -0.312 e. The predicted octanol–water partition coefficient (Wildman–Crippen LogP) is 1.81. The Hall–Kier alpha value is -1.65. The van der Waals surface area contributed by atoms with Crippen molar-refractivity contribution in [3.8, 4) is 11.8 Å². The van der Waals surface area contributed by atoms with Crippen LogP contribution in [0.2, 0.25) is 0 Å². The molecule has 1 saturated heterocycles. The van der Waals surface area contributed by atoms with Gasteiger partial charge in [0.05, 0.1) is 15.8 Å². The highest BCUT2D eigenvalue weighted by Gasteiger charge is 2.20. The Morgan fingerprint density at radius 1 is 1.17 bits per heavy atom. The lowest BCUT2D eigenvalue weighted by Gasteiger charge is -2.29. The lowest BCUT2D eigenvalue weighted by Crippen LogP contribution is -2.49. The average molecular weight is 346 g/mol. The van der Waals surface area contributed by atoms with E-state index in [1.807, 2.05) is 29.6 Å². The summed E-state index contributed by atoms with van der Waals surface area (Å²) in [6.45, 7) is 1.60. The van der Waals surface area contributed by atoms with Crippen LogP contribution in [-0.2, 0) is 9.84 Å². The van der Waals surface area contributed by atoms with Crippen molar-refractivity contribution >= 4 is 21.2 Å². The first-order valence-electron chi connectivity index (χ1n) is 7.34. The topological polar surface area (TPSA) is 58.2 Å². The minimum atomic E-state index is -3.15. The Morgan fingerprint density at radius 2 is 1.96 bits per heavy atom. The average Bonchev–Trinajstić information content (AvgIpc) is 3.06. The second-order valence-electron chi connectivity index (χ2n) is 5.52. The van der Waals surface area contributed by atoms with Gasteiger partial charge in [0, 0.05) is 25.4 Å². The molecular weight excluding hydrogens is 328 g/mol. The Kier molecular flexibility index (Phi) is 4.83. The van der Waals surface area contributed by atoms with E-state index >= 15 is 0 Å². The van der Waals surface area contributed by atoms with Crippen molar-refractivity contribution in [3.05, 3.63) is 52.2 Å². The van der Waals surface area contributed by atoms with Gasteiger partial charge < -0.3 is 5.32 Å². The summed E-state index contributed by atoms with van der Waals surface area (Å²) >= 11 is 1.63. The molecule has 3 rings (SSSR count). The first-order chi connectivity index (χ1) is 11.0. The molecule has 2 unspecified atom stereocenters. The van der Waals surface area contributed by atoms with Crippen molar-refractivity contribution in [2.75, 3.05) is 19.3 Å². The Bertz CT molecular complexity index is 816. The molecule has 2 atom stereocenters. The van der Waals surface area contributed by atoms with Gasteiger partial charge in [-0.25, -0.2) is 8.42 Å². The van der Waals surface area contributed by atoms with Crippen LogP contribution in [0.4, 0.5) is 0 Å². The maximum absolute atomic E-state index is 11.5. The molecular formula is C17H18N2O2S2. The van der Waals surface area contributed by atoms with E-state index in [-0.39, 0.29) is 12.1 Å². The van der Waals surface area contributed by atoms with Gasteiger partial charge in [0.25, 0.3) is 0 Å². The molecule has 4 nitrogen and oxygen atoms in total. The third-order valence-electron chi connectivity index (χ3n) is 3.70. The van der Waals surface area contributed by atoms with Gasteiger partial charge in [0.2, 0.25) is 0 Å². The van der Waals surface area contributed by atoms with Crippen LogP contribution in [-0.4, -0.2) is 33.8 Å². The van der Waals surface area contributed by atoms with Gasteiger partial charge in [-0.3, -0.25) is 5.32 Å². The molecule has 2 aromatic rings. The molecule has 0 aliphatic carbocycles. The number of nitrogens with one attached hydrogen (secondary N) is 2. The van der Waals surface area contributed by atoms with Crippen molar-refractivity contribution < 1.29 is 8.42 Å². The lowest BCUT2D eigenvalue weighted by molar-refractivity contribution is 0.388. The maximum atomic E-state index is 11.5. The highest BCUT2D eigenvalue weighted by molar-refractivity contribution is 7.90. The highest BCUT2D eigenvalue weighted by atomic mass is 32.2. The smallest absolute Gasteiger partial charge is 0.175 e. The number of hydrogen-bond donors (Lipinski definition) is 2. The fourth-order valence-electron chi connectivity index (χ4n) is 2.49. The third-order valence-corrected chi connectivity index (χ3v) is 5.61. The van der Waals surface area contributed by atoms with Crippen LogP contribution in [0.1, 0.15) is 16.5 Å². The molecule has 1 fully saturated rings. The molecule has 1 aromatic carbocycles. The predicted molar refractivity (Wildman–Crippen MR) is 93.3 cm³/mol. The molecule has 120 valence electrons. The molecule has 2 heterocycles. The largest absolute Gasteiger partial charge is 0.312 e. The number of rotatable bonds is 2. The SMILES string of the molecule is CS(=O)(=O)c1ccc(C2CNCC(C#Cc3cccs3)N2)cc1. The number of hydrogen-bond acceptors (Lipinski definition) is 5. The van der Waals surface area contributed by atoms with Crippen LogP contribution >= 0.6 is 11.3 Å². The van der Waals surface area contributed by atoms with E-state index < -0.39 is 9.84 Å². The number of piperazine rings is 1. The Balaban J connectivity index is 1.71. The van der Waals surface area contributed by atoms with Crippen molar-refractivity contribution in [3.63, 3.8) is 0 Å². The van der Waals surface area contributed by atoms with Crippen LogP contribution in [0.25, 0.3) is 0 Å². The number of benzene rings is 1. The van der Waals surface area contributed by atoms with Crippen LogP contribution in [0, 0.1) is 11.8 Å². The molecule has 2 N–H and O–H groups in total. The quantitative estimate of drug-likeness (QED) is 0.814. The van der Waals surface area contributed by atoms with Crippen LogP contribution in [0.3, 0.4) is 0 Å². The third kappa shape index (κ3) is 4.21. The number of sulfone groups is 1. The zero-order valence-electron chi connectivity index (χ0n) is 12.7. The molecule has 1 aliphatic rings. The van der Waals surface area contributed by atoms with Crippen molar-refractivity contribution in [1.29, 1.82) is 0 Å². The van der Waals surface area contributed by atoms with Crippen LogP contribution < -0.4 is 10.6 Å². The Labute approximate surface area is 140 Å². The monoisotopic (exact) mass is 346 g/mol. The highest BCUT2D eigenvalue weighted by Crippen LogP contribution is 2.18. The summed E-state index contributed by atoms with van der Waals surface area (Å²) in [6.07, 6.45) is 1.22. The minimum absolute atomic E-state index is 0.0745. The van der Waals surface area contributed by atoms with E-state index in [1.54, 1.807) is 23.5 Å². The van der Waals surface area contributed by atoms with E-state index in [0.717, 1.165) is 23.5 Å². The molecule has 0 bridgehead atoms. The van der Waals surface area contributed by atoms with Crippen molar-refractivity contribution in [1.82, 2.24) is 10.6 Å². The fourth-order valence-corrected chi connectivity index (χ4v) is 3.70. The van der Waals surface area contributed by atoms with E-state index in [1.165, 1.54) is 6.26 Å². The van der Waals surface area contributed by atoms with Crippen molar-refractivity contribution in [2.24, 2.45) is 0 Å². The summed E-state index contributed by atoms with van der Waals surface area (Å²) in [7, 11) is -3.15. The summed E-state index contributed by atoms with van der Waals surface area (Å²) in [5.41, 5.74) is 1.06. The molecule has 0 radical (unpaired) electrons. The summed E-state index contributed by atoms with van der Waals surface area (Å²) in [5, 5.41) is 8.90. The zero-order valence-corrected chi connectivity index (χ0v) is 14.4. The van der Waals surface area contributed by atoms with E-state index in [4.69, 9.17) is 0 Å². The van der Waals surface area contributed by atoms with Crippen molar-refractivity contribution in [2.45, 2.75) is 17.0 Å². The molecule has 1 aliphatic heterocycles. The van der Waals surface area contributed by atoms with Crippen LogP contribution in [0.15, 0.2) is 46.7 Å². The Morgan fingerprint density at radius 3 is 2.61 bits per heavy atom. The van der Waals surface area contributed by atoms with Gasteiger partial charge in [-0.1, -0.05) is 30.0 Å². The molecule has 6 heteroatoms. The number of thiophene rings is 1. The van der Waals surface area contributed by atoms with Gasteiger partial charge in [-0.15, -0.1) is 11.3 Å². The van der Waals surface area contributed by atoms with Gasteiger partial charge >= 0.3 is 0 Å². The van der Waals surface area contributed by atoms with E-state index in [0.29, 0.717) is 4.90 Å². The summed E-state index contributed by atoms with van der Waals surface area (Å²) in [5.74, 6) is 6.43. The van der Waals surface area contributed by atoms with Gasteiger partial charge in [-0.05, 0) is 29.1 Å². The first-order valence-corrected chi connectivity index (χ1v) is 10.1. The second-order valence-corrected chi connectivity index (χ2v) is 8.48. The lowest BCUT2D eigenvalue weighted by atomic mass is 10.0. The first kappa shape index (κ1) is 16.2. The van der Waals surface area contributed by atoms with E-state index in [9.17, 15) is 8.42 Å². The normalized spacial score (nSPS) is 21.4. The maximum Gasteiger partial charge on any atom is 0.175 e. The van der Waals surface area contributed by atoms with Gasteiger partial charge in [0.15, 0.2) is 9.84 Å². The molecule has 0 spiro atoms. The van der Waals surface area contributed by atoms with E-state index in [2.05, 4.69) is 22.5 Å².